The molecule has 4 N–H and O–H groups in total. The molecule has 5 nitrogen and oxygen atoms in total. The van der Waals surface area contributed by atoms with Gasteiger partial charge >= 0.3 is 0 Å². The number of nitrogen functional groups attached to an aromatic ring is 1. The number of hydrogen-bond acceptors (Lipinski definition) is 4. The molecule has 0 fully saturated rings. The van der Waals surface area contributed by atoms with Crippen molar-refractivity contribution in [2.45, 2.75) is 6.42 Å². The summed E-state index contributed by atoms with van der Waals surface area (Å²) < 4.78 is 0. The first-order valence-corrected chi connectivity index (χ1v) is 5.04. The van der Waals surface area contributed by atoms with Gasteiger partial charge in [0.1, 0.15) is 5.69 Å². The maximum Gasteiger partial charge on any atom is 0.294 e. The first-order chi connectivity index (χ1) is 7.56. The lowest BCUT2D eigenvalue weighted by molar-refractivity contribution is -0.383. The predicted octanol–water partition coefficient (Wildman–Crippen LogP) is 2.19. The molecule has 1 aromatic rings. The molecule has 6 heteroatoms. The number of halogens is 1. The van der Waals surface area contributed by atoms with E-state index < -0.39 is 4.92 Å². The van der Waals surface area contributed by atoms with Crippen molar-refractivity contribution in [3.63, 3.8) is 0 Å². The minimum atomic E-state index is -0.554. The molecule has 0 aromatic heterocycles. The summed E-state index contributed by atoms with van der Waals surface area (Å²) in [6.07, 6.45) is 4.16. The predicted molar refractivity (Wildman–Crippen MR) is 65.2 cm³/mol. The molecule has 0 saturated heterocycles. The molecular formula is C10H12ClN3O2. The minimum Gasteiger partial charge on any atom is -0.393 e. The number of nitro groups is 1. The molecule has 0 aliphatic heterocycles. The van der Waals surface area contributed by atoms with Crippen molar-refractivity contribution in [2.75, 3.05) is 12.3 Å². The second-order valence-electron chi connectivity index (χ2n) is 3.16. The van der Waals surface area contributed by atoms with Gasteiger partial charge in [0, 0.05) is 16.7 Å². The lowest BCUT2D eigenvalue weighted by atomic mass is 10.1. The van der Waals surface area contributed by atoms with Gasteiger partial charge < -0.3 is 11.5 Å². The van der Waals surface area contributed by atoms with Gasteiger partial charge in [0.25, 0.3) is 5.69 Å². The van der Waals surface area contributed by atoms with Crippen LogP contribution in [0.5, 0.6) is 0 Å². The molecular weight excluding hydrogens is 230 g/mol. The summed E-state index contributed by atoms with van der Waals surface area (Å²) in [7, 11) is 0. The van der Waals surface area contributed by atoms with Crippen molar-refractivity contribution in [1.29, 1.82) is 0 Å². The monoisotopic (exact) mass is 241 g/mol. The van der Waals surface area contributed by atoms with Crippen LogP contribution in [-0.4, -0.2) is 11.5 Å². The van der Waals surface area contributed by atoms with E-state index in [1.807, 2.05) is 0 Å². The molecule has 0 unspecified atom stereocenters. The molecule has 0 atom stereocenters. The number of benzene rings is 1. The summed E-state index contributed by atoms with van der Waals surface area (Å²) in [6.45, 7) is 0.513. The van der Waals surface area contributed by atoms with Gasteiger partial charge in [-0.2, -0.15) is 0 Å². The van der Waals surface area contributed by atoms with Crippen LogP contribution in [0.4, 0.5) is 11.4 Å². The second-order valence-corrected chi connectivity index (χ2v) is 3.60. The van der Waals surface area contributed by atoms with Crippen LogP contribution < -0.4 is 11.5 Å². The molecule has 0 saturated carbocycles. The Balaban J connectivity index is 3.14. The Labute approximate surface area is 97.8 Å². The van der Waals surface area contributed by atoms with Crippen LogP contribution >= 0.6 is 11.6 Å². The highest BCUT2D eigenvalue weighted by Gasteiger charge is 2.14. The molecule has 1 rings (SSSR count). The third kappa shape index (κ3) is 2.95. The van der Waals surface area contributed by atoms with Crippen LogP contribution in [0.1, 0.15) is 12.0 Å². The first-order valence-electron chi connectivity index (χ1n) is 4.66. The van der Waals surface area contributed by atoms with Gasteiger partial charge in [-0.25, -0.2) is 0 Å². The fourth-order valence-corrected chi connectivity index (χ4v) is 1.44. The topological polar surface area (TPSA) is 95.2 Å². The maximum absolute atomic E-state index is 10.7. The summed E-state index contributed by atoms with van der Waals surface area (Å²) in [6, 6.07) is 2.81. The molecule has 0 aliphatic rings. The van der Waals surface area contributed by atoms with E-state index in [1.54, 1.807) is 18.2 Å². The molecule has 0 radical (unpaired) electrons. The van der Waals surface area contributed by atoms with E-state index in [2.05, 4.69) is 0 Å². The quantitative estimate of drug-likeness (QED) is 0.480. The van der Waals surface area contributed by atoms with Crippen molar-refractivity contribution in [3.8, 4) is 0 Å². The van der Waals surface area contributed by atoms with E-state index in [0.29, 0.717) is 18.5 Å². The fourth-order valence-electron chi connectivity index (χ4n) is 1.22. The largest absolute Gasteiger partial charge is 0.393 e. The van der Waals surface area contributed by atoms with Crippen molar-refractivity contribution in [2.24, 2.45) is 5.73 Å². The average Bonchev–Trinajstić information content (AvgIpc) is 2.22. The van der Waals surface area contributed by atoms with Crippen LogP contribution in [0.25, 0.3) is 6.08 Å². The fraction of sp³-hybridized carbons (Fsp3) is 0.200. The van der Waals surface area contributed by atoms with E-state index in [4.69, 9.17) is 23.1 Å². The maximum atomic E-state index is 10.7. The SMILES string of the molecule is NCCC=Cc1cc(Cl)cc([N+](=O)[O-])c1N. The third-order valence-corrected chi connectivity index (χ3v) is 2.20. The van der Waals surface area contributed by atoms with Gasteiger partial charge in [0.2, 0.25) is 0 Å². The van der Waals surface area contributed by atoms with Gasteiger partial charge in [-0.15, -0.1) is 0 Å². The Kier molecular flexibility index (Phi) is 4.28. The first kappa shape index (κ1) is 12.5. The molecule has 0 heterocycles. The van der Waals surface area contributed by atoms with E-state index >= 15 is 0 Å². The summed E-state index contributed by atoms with van der Waals surface area (Å²) in [5.74, 6) is 0. The molecule has 1 aromatic carbocycles. The summed E-state index contributed by atoms with van der Waals surface area (Å²) >= 11 is 5.76. The Morgan fingerprint density at radius 1 is 1.50 bits per heavy atom. The van der Waals surface area contributed by atoms with Crippen LogP contribution in [0, 0.1) is 10.1 Å². The second kappa shape index (κ2) is 5.48. The summed E-state index contributed by atoms with van der Waals surface area (Å²) in [5, 5.41) is 11.0. The highest BCUT2D eigenvalue weighted by atomic mass is 35.5. The zero-order valence-electron chi connectivity index (χ0n) is 8.52. The van der Waals surface area contributed by atoms with E-state index in [1.165, 1.54) is 6.07 Å². The Bertz CT molecular complexity index is 432. The highest BCUT2D eigenvalue weighted by Crippen LogP contribution is 2.30. The number of nitrogens with zero attached hydrogens (tertiary/aromatic N) is 1. The van der Waals surface area contributed by atoms with Crippen LogP contribution in [0.15, 0.2) is 18.2 Å². The van der Waals surface area contributed by atoms with Crippen LogP contribution in [-0.2, 0) is 0 Å². The zero-order valence-corrected chi connectivity index (χ0v) is 9.28. The van der Waals surface area contributed by atoms with Crippen LogP contribution in [0.2, 0.25) is 5.02 Å². The molecule has 0 bridgehead atoms. The van der Waals surface area contributed by atoms with Gasteiger partial charge in [-0.05, 0) is 19.0 Å². The zero-order chi connectivity index (χ0) is 12.1. The smallest absolute Gasteiger partial charge is 0.294 e. The van der Waals surface area contributed by atoms with Crippen molar-refractivity contribution in [1.82, 2.24) is 0 Å². The number of anilines is 1. The van der Waals surface area contributed by atoms with Crippen molar-refractivity contribution < 1.29 is 4.92 Å². The van der Waals surface area contributed by atoms with Gasteiger partial charge in [0.05, 0.1) is 4.92 Å². The van der Waals surface area contributed by atoms with E-state index in [-0.39, 0.29) is 16.4 Å². The van der Waals surface area contributed by atoms with Crippen molar-refractivity contribution >= 4 is 29.1 Å². The van der Waals surface area contributed by atoms with E-state index in [9.17, 15) is 10.1 Å². The molecule has 0 amide bonds. The summed E-state index contributed by atoms with van der Waals surface area (Å²) in [5.41, 5.74) is 11.4. The van der Waals surface area contributed by atoms with Crippen molar-refractivity contribution in [3.05, 3.63) is 38.9 Å². The molecule has 0 aliphatic carbocycles. The minimum absolute atomic E-state index is 0.114. The number of rotatable bonds is 4. The Hall–Kier alpha value is -1.59. The Morgan fingerprint density at radius 2 is 2.19 bits per heavy atom. The summed E-state index contributed by atoms with van der Waals surface area (Å²) in [4.78, 5) is 10.1. The third-order valence-electron chi connectivity index (χ3n) is 1.98. The van der Waals surface area contributed by atoms with E-state index in [0.717, 1.165) is 0 Å². The van der Waals surface area contributed by atoms with Gasteiger partial charge in [-0.1, -0.05) is 23.8 Å². The lowest BCUT2D eigenvalue weighted by Gasteiger charge is -2.02. The number of hydrogen-bond donors (Lipinski definition) is 2. The number of nitro benzene ring substituents is 1. The Morgan fingerprint density at radius 3 is 2.75 bits per heavy atom. The number of nitrogens with two attached hydrogens (primary N) is 2. The molecule has 16 heavy (non-hydrogen) atoms. The van der Waals surface area contributed by atoms with Crippen LogP contribution in [0.3, 0.4) is 0 Å². The van der Waals surface area contributed by atoms with Gasteiger partial charge in [0.15, 0.2) is 0 Å². The van der Waals surface area contributed by atoms with Gasteiger partial charge in [-0.3, -0.25) is 10.1 Å². The molecule has 86 valence electrons. The highest BCUT2D eigenvalue weighted by molar-refractivity contribution is 6.31. The molecule has 0 spiro atoms. The normalized spacial score (nSPS) is 10.9. The standard InChI is InChI=1S/C10H12ClN3O2/c11-8-5-7(3-1-2-4-12)10(13)9(6-8)14(15)16/h1,3,5-6H,2,4,12-13H2. The lowest BCUT2D eigenvalue weighted by Crippen LogP contribution is -1.98. The average molecular weight is 242 g/mol.